The normalized spacial score (nSPS) is 36.2. The summed E-state index contributed by atoms with van der Waals surface area (Å²) in [5.74, 6) is 2.55. The molecule has 1 saturated carbocycles. The van der Waals surface area contributed by atoms with Gasteiger partial charge in [0.15, 0.2) is 0 Å². The van der Waals surface area contributed by atoms with Crippen LogP contribution < -0.4 is 5.73 Å². The molecule has 2 aliphatic rings. The minimum Gasteiger partial charge on any atom is -0.342 e. The average Bonchev–Trinajstić information content (AvgIpc) is 2.58. The van der Waals surface area contributed by atoms with Crippen LogP contribution in [-0.4, -0.2) is 30.4 Å². The number of fused-ring (bicyclic) bond motifs is 1. The van der Waals surface area contributed by atoms with Gasteiger partial charge in [-0.05, 0) is 30.7 Å². The maximum atomic E-state index is 11.5. The van der Waals surface area contributed by atoms with Gasteiger partial charge < -0.3 is 10.6 Å². The molecule has 1 amide bonds. The lowest BCUT2D eigenvalue weighted by Gasteiger charge is -2.19. The number of nitrogens with zero attached hydrogens (tertiary/aromatic N) is 1. The summed E-state index contributed by atoms with van der Waals surface area (Å²) in [5.41, 5.74) is 5.60. The summed E-state index contributed by atoms with van der Waals surface area (Å²) in [6.07, 6.45) is 1.68. The van der Waals surface area contributed by atoms with Crippen molar-refractivity contribution in [2.75, 3.05) is 19.6 Å². The first-order chi connectivity index (χ1) is 6.27. The Morgan fingerprint density at radius 1 is 1.46 bits per heavy atom. The van der Waals surface area contributed by atoms with Crippen LogP contribution in [0.3, 0.4) is 0 Å². The molecule has 2 fully saturated rings. The molecule has 1 aliphatic heterocycles. The molecule has 1 aliphatic carbocycles. The van der Waals surface area contributed by atoms with Crippen LogP contribution in [0.5, 0.6) is 0 Å². The maximum absolute atomic E-state index is 11.5. The largest absolute Gasteiger partial charge is 0.342 e. The number of piperidine rings is 1. The zero-order valence-electron chi connectivity index (χ0n) is 8.20. The lowest BCUT2D eigenvalue weighted by atomic mass is 10.2. The first-order valence-electron chi connectivity index (χ1n) is 5.25. The monoisotopic (exact) mass is 182 g/mol. The molecule has 0 bridgehead atoms. The molecule has 0 aromatic rings. The molecule has 0 aromatic heterocycles. The van der Waals surface area contributed by atoms with Crippen molar-refractivity contribution in [1.29, 1.82) is 0 Å². The van der Waals surface area contributed by atoms with E-state index in [0.29, 0.717) is 12.3 Å². The number of carbonyl (C=O) groups is 1. The van der Waals surface area contributed by atoms with Gasteiger partial charge in [-0.3, -0.25) is 4.79 Å². The minimum atomic E-state index is 0.338. The van der Waals surface area contributed by atoms with Crippen molar-refractivity contribution < 1.29 is 4.79 Å². The third-order valence-electron chi connectivity index (χ3n) is 3.46. The third-order valence-corrected chi connectivity index (χ3v) is 3.46. The van der Waals surface area contributed by atoms with E-state index in [2.05, 4.69) is 6.92 Å². The van der Waals surface area contributed by atoms with E-state index < -0.39 is 0 Å². The van der Waals surface area contributed by atoms with Crippen molar-refractivity contribution in [1.82, 2.24) is 4.90 Å². The first kappa shape index (κ1) is 9.00. The summed E-state index contributed by atoms with van der Waals surface area (Å²) in [4.78, 5) is 13.5. The molecule has 3 heteroatoms. The SMILES string of the molecule is CCCC(=O)N1CC2C(CN)C2C1. The Kier molecular flexibility index (Phi) is 2.28. The van der Waals surface area contributed by atoms with Crippen molar-refractivity contribution in [3.05, 3.63) is 0 Å². The van der Waals surface area contributed by atoms with Gasteiger partial charge in [0, 0.05) is 19.5 Å². The average molecular weight is 182 g/mol. The van der Waals surface area contributed by atoms with Gasteiger partial charge in [0.05, 0.1) is 0 Å². The molecule has 13 heavy (non-hydrogen) atoms. The summed E-state index contributed by atoms with van der Waals surface area (Å²) in [6.45, 7) is 4.82. The maximum Gasteiger partial charge on any atom is 0.222 e. The van der Waals surface area contributed by atoms with Crippen LogP contribution in [0.15, 0.2) is 0 Å². The van der Waals surface area contributed by atoms with Crippen molar-refractivity contribution in [2.45, 2.75) is 19.8 Å². The number of amides is 1. The fourth-order valence-corrected chi connectivity index (χ4v) is 2.57. The van der Waals surface area contributed by atoms with Gasteiger partial charge in [-0.1, -0.05) is 6.92 Å². The number of likely N-dealkylation sites (tertiary alicyclic amines) is 1. The molecule has 2 rings (SSSR count). The predicted molar refractivity (Wildman–Crippen MR) is 51.0 cm³/mol. The van der Waals surface area contributed by atoms with E-state index >= 15 is 0 Å². The number of nitrogens with two attached hydrogens (primary N) is 1. The van der Waals surface area contributed by atoms with E-state index in [9.17, 15) is 4.79 Å². The van der Waals surface area contributed by atoms with Gasteiger partial charge in [0.2, 0.25) is 5.91 Å². The molecule has 2 atom stereocenters. The molecular weight excluding hydrogens is 164 g/mol. The van der Waals surface area contributed by atoms with Gasteiger partial charge in [0.1, 0.15) is 0 Å². The molecule has 0 aromatic carbocycles. The highest BCUT2D eigenvalue weighted by Crippen LogP contribution is 2.50. The molecule has 1 heterocycles. The standard InChI is InChI=1S/C10H18N2O/c1-2-3-10(13)12-5-8-7(4-11)9(8)6-12/h7-9H,2-6,11H2,1H3. The van der Waals surface area contributed by atoms with Crippen LogP contribution in [0, 0.1) is 17.8 Å². The van der Waals surface area contributed by atoms with E-state index in [1.165, 1.54) is 0 Å². The molecule has 1 saturated heterocycles. The Bertz CT molecular complexity index is 205. The molecule has 2 N–H and O–H groups in total. The van der Waals surface area contributed by atoms with Crippen molar-refractivity contribution >= 4 is 5.91 Å². The van der Waals surface area contributed by atoms with Crippen LogP contribution in [0.2, 0.25) is 0 Å². The Balaban J connectivity index is 1.80. The van der Waals surface area contributed by atoms with Crippen molar-refractivity contribution in [3.8, 4) is 0 Å². The van der Waals surface area contributed by atoms with E-state index in [-0.39, 0.29) is 0 Å². The Morgan fingerprint density at radius 2 is 2.08 bits per heavy atom. The fourth-order valence-electron chi connectivity index (χ4n) is 2.57. The molecule has 2 unspecified atom stereocenters. The third kappa shape index (κ3) is 1.46. The van der Waals surface area contributed by atoms with E-state index in [0.717, 1.165) is 43.8 Å². The van der Waals surface area contributed by atoms with E-state index in [1.54, 1.807) is 0 Å². The van der Waals surface area contributed by atoms with Crippen molar-refractivity contribution in [2.24, 2.45) is 23.5 Å². The molecular formula is C10H18N2O. The number of hydrogen-bond acceptors (Lipinski definition) is 2. The van der Waals surface area contributed by atoms with Crippen LogP contribution in [0.1, 0.15) is 19.8 Å². The van der Waals surface area contributed by atoms with Gasteiger partial charge in [0.25, 0.3) is 0 Å². The van der Waals surface area contributed by atoms with Gasteiger partial charge in [-0.25, -0.2) is 0 Å². The molecule has 3 nitrogen and oxygen atoms in total. The number of carbonyl (C=O) groups excluding carboxylic acids is 1. The highest BCUT2D eigenvalue weighted by Gasteiger charge is 2.55. The summed E-state index contributed by atoms with van der Waals surface area (Å²) in [6, 6.07) is 0. The van der Waals surface area contributed by atoms with Crippen LogP contribution in [0.25, 0.3) is 0 Å². The number of rotatable bonds is 3. The Labute approximate surface area is 79.3 Å². The fraction of sp³-hybridized carbons (Fsp3) is 0.900. The highest BCUT2D eigenvalue weighted by atomic mass is 16.2. The smallest absolute Gasteiger partial charge is 0.222 e. The highest BCUT2D eigenvalue weighted by molar-refractivity contribution is 5.76. The summed E-state index contributed by atoms with van der Waals surface area (Å²) in [5, 5.41) is 0. The van der Waals surface area contributed by atoms with Crippen molar-refractivity contribution in [3.63, 3.8) is 0 Å². The minimum absolute atomic E-state index is 0.338. The Morgan fingerprint density at radius 3 is 2.54 bits per heavy atom. The molecule has 0 radical (unpaired) electrons. The second-order valence-corrected chi connectivity index (χ2v) is 4.28. The Hall–Kier alpha value is -0.570. The van der Waals surface area contributed by atoms with Crippen LogP contribution >= 0.6 is 0 Å². The van der Waals surface area contributed by atoms with E-state index in [4.69, 9.17) is 5.73 Å². The van der Waals surface area contributed by atoms with Gasteiger partial charge >= 0.3 is 0 Å². The van der Waals surface area contributed by atoms with Crippen LogP contribution in [-0.2, 0) is 4.79 Å². The summed E-state index contributed by atoms with van der Waals surface area (Å²) in [7, 11) is 0. The zero-order valence-corrected chi connectivity index (χ0v) is 8.20. The quantitative estimate of drug-likeness (QED) is 0.689. The van der Waals surface area contributed by atoms with Crippen LogP contribution in [0.4, 0.5) is 0 Å². The lowest BCUT2D eigenvalue weighted by Crippen LogP contribution is -2.32. The predicted octanol–water partition coefficient (Wildman–Crippen LogP) is 0.450. The summed E-state index contributed by atoms with van der Waals surface area (Å²) >= 11 is 0. The second-order valence-electron chi connectivity index (χ2n) is 4.28. The first-order valence-corrected chi connectivity index (χ1v) is 5.25. The molecule has 74 valence electrons. The van der Waals surface area contributed by atoms with Gasteiger partial charge in [-0.15, -0.1) is 0 Å². The summed E-state index contributed by atoms with van der Waals surface area (Å²) < 4.78 is 0. The number of hydrogen-bond donors (Lipinski definition) is 1. The molecule has 0 spiro atoms. The topological polar surface area (TPSA) is 46.3 Å². The van der Waals surface area contributed by atoms with E-state index in [1.807, 2.05) is 4.90 Å². The lowest BCUT2D eigenvalue weighted by molar-refractivity contribution is -0.130. The zero-order chi connectivity index (χ0) is 9.42. The second kappa shape index (κ2) is 3.29. The van der Waals surface area contributed by atoms with Gasteiger partial charge in [-0.2, -0.15) is 0 Å².